The predicted octanol–water partition coefficient (Wildman–Crippen LogP) is 1.46. The van der Waals surface area contributed by atoms with Gasteiger partial charge in [0, 0.05) is 44.7 Å². The van der Waals surface area contributed by atoms with Crippen LogP contribution in [0.5, 0.6) is 0 Å². The van der Waals surface area contributed by atoms with Crippen molar-refractivity contribution in [3.05, 3.63) is 23.3 Å². The summed E-state index contributed by atoms with van der Waals surface area (Å²) in [4.78, 5) is 31.8. The lowest BCUT2D eigenvalue weighted by atomic mass is 10.0. The molecule has 4 rings (SSSR count). The Bertz CT molecular complexity index is 740. The molecule has 0 aromatic rings. The average molecular weight is 412 g/mol. The van der Waals surface area contributed by atoms with Crippen LogP contribution in [-0.2, 0) is 14.4 Å². The van der Waals surface area contributed by atoms with E-state index in [1.807, 2.05) is 5.06 Å². The van der Waals surface area contributed by atoms with Crippen LogP contribution in [0.3, 0.4) is 0 Å². The molecule has 0 aromatic carbocycles. The molecule has 2 saturated heterocycles. The van der Waals surface area contributed by atoms with Crippen LogP contribution in [-0.4, -0.2) is 84.5 Å². The van der Waals surface area contributed by atoms with Crippen molar-refractivity contribution in [2.75, 3.05) is 39.3 Å². The maximum absolute atomic E-state index is 15.0. The predicted molar refractivity (Wildman–Crippen MR) is 98.6 cm³/mol. The molecule has 0 radical (unpaired) electrons. The zero-order valence-electron chi connectivity index (χ0n) is 16.4. The van der Waals surface area contributed by atoms with Crippen molar-refractivity contribution >= 4 is 12.0 Å². The van der Waals surface area contributed by atoms with Crippen LogP contribution in [0, 0.1) is 0 Å². The summed E-state index contributed by atoms with van der Waals surface area (Å²) in [6.07, 6.45) is 0.567. The van der Waals surface area contributed by atoms with Gasteiger partial charge in [0.1, 0.15) is 18.1 Å². The molecule has 2 atom stereocenters. The van der Waals surface area contributed by atoms with Gasteiger partial charge in [-0.2, -0.15) is 5.06 Å². The summed E-state index contributed by atoms with van der Waals surface area (Å²) < 4.78 is 35.1. The molecule has 0 bridgehead atoms. The Labute approximate surface area is 168 Å². The zero-order valence-corrected chi connectivity index (χ0v) is 16.4. The van der Waals surface area contributed by atoms with Crippen molar-refractivity contribution in [2.45, 2.75) is 44.5 Å². The summed E-state index contributed by atoms with van der Waals surface area (Å²) in [5.41, 5.74) is 0.275. The number of allylic oxidation sites excluding steroid dienone is 4. The van der Waals surface area contributed by atoms with Crippen molar-refractivity contribution in [2.24, 2.45) is 0 Å². The first-order chi connectivity index (χ1) is 13.9. The van der Waals surface area contributed by atoms with Gasteiger partial charge in [0.05, 0.1) is 25.4 Å². The van der Waals surface area contributed by atoms with Crippen molar-refractivity contribution < 1.29 is 27.9 Å². The number of alkyl halides is 1. The Morgan fingerprint density at radius 1 is 1.31 bits per heavy atom. The summed E-state index contributed by atoms with van der Waals surface area (Å²) >= 11 is 0. The fourth-order valence-electron chi connectivity index (χ4n) is 3.92. The number of rotatable bonds is 5. The highest BCUT2D eigenvalue weighted by atomic mass is 19.1. The number of nitrogens with zero attached hydrogens (tertiary/aromatic N) is 3. The highest BCUT2D eigenvalue weighted by molar-refractivity contribution is 5.74. The molecule has 10 heteroatoms. The molecule has 0 aromatic heterocycles. The van der Waals surface area contributed by atoms with Crippen molar-refractivity contribution in [3.63, 3.8) is 0 Å². The smallest absolute Gasteiger partial charge is 0.414 e. The first kappa shape index (κ1) is 20.1. The number of carbonyl (C=O) groups excluding carboxylic acids is 2. The Balaban J connectivity index is 1.44. The van der Waals surface area contributed by atoms with Crippen molar-refractivity contribution in [3.8, 4) is 0 Å². The second-order valence-corrected chi connectivity index (χ2v) is 7.79. The summed E-state index contributed by atoms with van der Waals surface area (Å²) in [7, 11) is 0. The van der Waals surface area contributed by atoms with Crippen LogP contribution in [0.15, 0.2) is 23.3 Å². The second kappa shape index (κ2) is 8.27. The number of hydroxylamine groups is 2. The summed E-state index contributed by atoms with van der Waals surface area (Å²) in [6.45, 7) is 3.58. The number of hydrogen-bond donors (Lipinski definition) is 1. The number of cyclic esters (lactones) is 1. The molecule has 4 aliphatic rings. The van der Waals surface area contributed by atoms with Gasteiger partial charge in [0.2, 0.25) is 5.91 Å². The quantitative estimate of drug-likeness (QED) is 0.737. The summed E-state index contributed by atoms with van der Waals surface area (Å²) in [5, 5.41) is 4.50. The number of carbonyl (C=O) groups is 2. The first-order valence-electron chi connectivity index (χ1n) is 10.0. The third-order valence-corrected chi connectivity index (χ3v) is 5.53. The van der Waals surface area contributed by atoms with Gasteiger partial charge in [-0.05, 0) is 18.9 Å². The van der Waals surface area contributed by atoms with E-state index in [0.717, 1.165) is 12.8 Å². The number of ether oxygens (including phenoxy) is 1. The van der Waals surface area contributed by atoms with E-state index in [0.29, 0.717) is 32.3 Å². The lowest BCUT2D eigenvalue weighted by Crippen LogP contribution is -2.37. The molecule has 160 valence electrons. The van der Waals surface area contributed by atoms with Gasteiger partial charge in [-0.3, -0.25) is 14.5 Å². The monoisotopic (exact) mass is 412 g/mol. The van der Waals surface area contributed by atoms with Gasteiger partial charge < -0.3 is 15.0 Å². The average Bonchev–Trinajstić information content (AvgIpc) is 3.45. The van der Waals surface area contributed by atoms with Crippen LogP contribution < -0.4 is 5.32 Å². The van der Waals surface area contributed by atoms with Gasteiger partial charge >= 0.3 is 6.09 Å². The molecule has 8 nitrogen and oxygen atoms in total. The van der Waals surface area contributed by atoms with E-state index in [4.69, 9.17) is 9.57 Å². The van der Waals surface area contributed by atoms with Gasteiger partial charge in [-0.25, -0.2) is 13.6 Å². The summed E-state index contributed by atoms with van der Waals surface area (Å²) in [5.74, 6) is -0.905. The third kappa shape index (κ3) is 4.53. The molecule has 3 fully saturated rings. The largest absolute Gasteiger partial charge is 0.442 e. The molecule has 2 heterocycles. The molecule has 1 N–H and O–H groups in total. The number of nitrogens with one attached hydrogen (secondary N) is 1. The highest BCUT2D eigenvalue weighted by Gasteiger charge is 2.39. The van der Waals surface area contributed by atoms with Crippen LogP contribution in [0.4, 0.5) is 13.6 Å². The van der Waals surface area contributed by atoms with E-state index >= 15 is 0 Å². The molecule has 2 amide bonds. The molecular weight excluding hydrogens is 386 g/mol. The van der Waals surface area contributed by atoms with Gasteiger partial charge in [0.15, 0.2) is 0 Å². The topological polar surface area (TPSA) is 74.4 Å². The standard InChI is InChI=1S/C19H26F2N4O4/c1-12(26)22-10-15-11-24(19(27)29-15)14-8-16(20)18(17(21)9-14)23-4-5-25(13-2-3-13)28-7-6-23/h8,13,15,17H,2-7,9-11H2,1H3,(H,22,26)/t15-,17?/m0/s1. The first-order valence-corrected chi connectivity index (χ1v) is 10.0. The van der Waals surface area contributed by atoms with Crippen LogP contribution >= 0.6 is 0 Å². The lowest BCUT2D eigenvalue weighted by molar-refractivity contribution is -0.154. The van der Waals surface area contributed by atoms with Crippen LogP contribution in [0.1, 0.15) is 26.2 Å². The second-order valence-electron chi connectivity index (χ2n) is 7.79. The lowest BCUT2D eigenvalue weighted by Gasteiger charge is -2.31. The molecule has 2 aliphatic carbocycles. The maximum Gasteiger partial charge on any atom is 0.414 e. The van der Waals surface area contributed by atoms with Gasteiger partial charge in [-0.15, -0.1) is 0 Å². The molecule has 0 spiro atoms. The normalized spacial score (nSPS) is 28.9. The summed E-state index contributed by atoms with van der Waals surface area (Å²) in [6, 6.07) is 0.430. The minimum atomic E-state index is -1.55. The third-order valence-electron chi connectivity index (χ3n) is 5.53. The van der Waals surface area contributed by atoms with E-state index in [1.165, 1.54) is 17.9 Å². The Morgan fingerprint density at radius 2 is 2.10 bits per heavy atom. The fraction of sp³-hybridized carbons (Fsp3) is 0.684. The Hall–Kier alpha value is -2.20. The number of amides is 2. The van der Waals surface area contributed by atoms with Crippen LogP contribution in [0.25, 0.3) is 0 Å². The maximum atomic E-state index is 15.0. The number of halogens is 2. The van der Waals surface area contributed by atoms with E-state index in [1.54, 1.807) is 4.90 Å². The SMILES string of the molecule is CC(=O)NC[C@H]1CN(C2=CC(F)=C(N3CCON(C4CC4)CC3)C(F)C2)C(=O)O1. The molecule has 2 aliphatic heterocycles. The minimum Gasteiger partial charge on any atom is -0.442 e. The van der Waals surface area contributed by atoms with E-state index in [9.17, 15) is 18.4 Å². The minimum absolute atomic E-state index is 0.0253. The van der Waals surface area contributed by atoms with E-state index in [2.05, 4.69) is 5.32 Å². The Morgan fingerprint density at radius 3 is 2.79 bits per heavy atom. The molecule has 1 unspecified atom stereocenters. The highest BCUT2D eigenvalue weighted by Crippen LogP contribution is 2.34. The fourth-order valence-corrected chi connectivity index (χ4v) is 3.92. The van der Waals surface area contributed by atoms with Crippen molar-refractivity contribution in [1.82, 2.24) is 20.2 Å². The number of hydrogen-bond acceptors (Lipinski definition) is 6. The molecule has 29 heavy (non-hydrogen) atoms. The van der Waals surface area contributed by atoms with Crippen LogP contribution in [0.2, 0.25) is 0 Å². The zero-order chi connectivity index (χ0) is 20.5. The Kier molecular flexibility index (Phi) is 5.73. The molecule has 1 saturated carbocycles. The van der Waals surface area contributed by atoms with Crippen molar-refractivity contribution in [1.29, 1.82) is 0 Å². The van der Waals surface area contributed by atoms with Gasteiger partial charge in [0.25, 0.3) is 0 Å². The van der Waals surface area contributed by atoms with Gasteiger partial charge in [-0.1, -0.05) is 0 Å². The van der Waals surface area contributed by atoms with E-state index < -0.39 is 24.2 Å². The van der Waals surface area contributed by atoms with E-state index in [-0.39, 0.29) is 36.8 Å². The molecular formula is C19H26F2N4O4.